The van der Waals surface area contributed by atoms with E-state index in [9.17, 15) is 0 Å². The Morgan fingerprint density at radius 2 is 0.848 bits per heavy atom. The molecule has 1 aliphatic rings. The van der Waals surface area contributed by atoms with Crippen LogP contribution in [0.3, 0.4) is 0 Å². The van der Waals surface area contributed by atoms with E-state index in [4.69, 9.17) is 9.72 Å². The van der Waals surface area contributed by atoms with Crippen LogP contribution in [0.2, 0.25) is 0 Å². The van der Waals surface area contributed by atoms with E-state index in [1.165, 1.54) is 11.1 Å². The maximum absolute atomic E-state index is 7.61. The first-order valence-corrected chi connectivity index (χ1v) is 33.0. The van der Waals surface area contributed by atoms with Crippen molar-refractivity contribution in [2.45, 2.75) is 85.5 Å². The van der Waals surface area contributed by atoms with Gasteiger partial charge in [-0.3, -0.25) is 0 Å². The van der Waals surface area contributed by atoms with Crippen LogP contribution in [-0.4, -0.2) is 14.1 Å². The van der Waals surface area contributed by atoms with Crippen molar-refractivity contribution in [3.05, 3.63) is 299 Å². The topological polar surface area (TPSA) is 38.5 Å². The van der Waals surface area contributed by atoms with Crippen molar-refractivity contribution in [1.82, 2.24) is 14.1 Å². The first kappa shape index (κ1) is 59.7. The van der Waals surface area contributed by atoms with Gasteiger partial charge in [0.25, 0.3) is 0 Å². The van der Waals surface area contributed by atoms with Gasteiger partial charge in [-0.05, 0) is 70.3 Å². The molecule has 1 aliphatic heterocycles. The van der Waals surface area contributed by atoms with Crippen molar-refractivity contribution in [2.75, 3.05) is 9.80 Å². The third-order valence-electron chi connectivity index (χ3n) is 18.0. The van der Waals surface area contributed by atoms with Gasteiger partial charge in [0, 0.05) is 23.0 Å². The number of pyridine rings is 1. The van der Waals surface area contributed by atoms with Crippen LogP contribution in [-0.2, 0) is 35.6 Å². The van der Waals surface area contributed by atoms with E-state index in [-0.39, 0.29) is 16.2 Å². The van der Waals surface area contributed by atoms with Gasteiger partial charge in [0.15, 0.2) is 0 Å². The smallest absolute Gasteiger partial charge is 0.0579 e. The molecule has 0 spiro atoms. The zero-order chi connectivity index (χ0) is 63.6. The summed E-state index contributed by atoms with van der Waals surface area (Å²) in [5.74, 6) is 2.26. The fourth-order valence-corrected chi connectivity index (χ4v) is 14.3. The van der Waals surface area contributed by atoms with E-state index in [1.807, 2.05) is 0 Å². The molecule has 0 saturated heterocycles. The average Bonchev–Trinajstić information content (AvgIpc) is 1.24. The van der Waals surface area contributed by atoms with E-state index in [1.54, 1.807) is 0 Å². The molecule has 6 nitrogen and oxygen atoms in total. The minimum Gasteiger partial charge on any atom is -0.0579 e. The number of imidazole rings is 1. The molecule has 456 valence electrons. The molecular formula is C85H75N5OPt. The fourth-order valence-electron chi connectivity index (χ4n) is 13.2. The standard InChI is InChI=1S/C85H75N5O.Pt/c1-57-50-81(86-55-72(57)60-44-46-61(47-45-60)83(2,3)4)90-76-49-48-62(84(5,6)7)51-70(76)68-36-20-22-40-74(68)89(63-32-18-13-19-33-63)75-41-23-21-37-69(75)71-53-73(85(8,9)10)80(54-79(71)90)91-65-35-26-34-64(52-65)87-56-88(78-43-25-24-42-77(78)87)82-66(58-28-14-11-15-29-58)38-27-39-67(82)59-30-16-12-17-31-59;/h11-55H,1-10H3;. The number of ether oxygens (including phenoxy) is 1. The zero-order valence-electron chi connectivity index (χ0n) is 53.9. The van der Waals surface area contributed by atoms with Gasteiger partial charge >= 0.3 is 332 Å². The van der Waals surface area contributed by atoms with Crippen LogP contribution in [0.5, 0.6) is 11.5 Å². The molecule has 0 saturated carbocycles. The molecule has 2 aromatic heterocycles. The van der Waals surface area contributed by atoms with Crippen molar-refractivity contribution < 1.29 is 24.1 Å². The molecule has 0 N–H and O–H groups in total. The van der Waals surface area contributed by atoms with Crippen molar-refractivity contribution in [3.8, 4) is 78.5 Å². The number of aryl methyl sites for hydroxylation is 1. The quantitative estimate of drug-likeness (QED) is 0.144. The van der Waals surface area contributed by atoms with Gasteiger partial charge in [-0.2, -0.15) is 0 Å². The summed E-state index contributed by atoms with van der Waals surface area (Å²) in [5.41, 5.74) is 24.7. The summed E-state index contributed by atoms with van der Waals surface area (Å²) < 4.78 is 13.4. The number of rotatable bonds is 9. The van der Waals surface area contributed by atoms with E-state index in [2.05, 4.69) is 381 Å². The third-order valence-corrected chi connectivity index (χ3v) is 19.0. The first-order chi connectivity index (χ1) is 44.4. The molecule has 14 rings (SSSR count). The molecule has 3 heterocycles. The summed E-state index contributed by atoms with van der Waals surface area (Å²) >= 11 is 2.54. The average molecular weight is 1380 g/mol. The monoisotopic (exact) mass is 1380 g/mol. The molecule has 11 aromatic carbocycles. The molecule has 0 bridgehead atoms. The number of benzene rings is 11. The summed E-state index contributed by atoms with van der Waals surface area (Å²) in [6.07, 6.45) is 2.07. The van der Waals surface area contributed by atoms with Crippen molar-refractivity contribution in [3.63, 3.8) is 0 Å². The second kappa shape index (κ2) is 23.7. The molecule has 92 heavy (non-hydrogen) atoms. The molecule has 0 unspecified atom stereocenters. The van der Waals surface area contributed by atoms with Gasteiger partial charge < -0.3 is 4.90 Å². The first-order valence-electron chi connectivity index (χ1n) is 31.8. The fraction of sp³-hybridized carbons (Fsp3) is 0.153. The van der Waals surface area contributed by atoms with Crippen molar-refractivity contribution in [2.24, 2.45) is 0 Å². The molecule has 13 aromatic rings. The predicted molar refractivity (Wildman–Crippen MR) is 381 cm³/mol. The second-order valence-corrected chi connectivity index (χ2v) is 28.3. The van der Waals surface area contributed by atoms with Crippen LogP contribution in [0.4, 0.5) is 34.3 Å². The minimum absolute atomic E-state index is 0.0312. The van der Waals surface area contributed by atoms with Crippen molar-refractivity contribution >= 4 is 45.3 Å². The number of aromatic nitrogens is 3. The molecular weight excluding hydrogens is 1300 g/mol. The Bertz CT molecular complexity index is 4930. The minimum atomic E-state index is -0.387. The Kier molecular flexibility index (Phi) is 15.4. The Labute approximate surface area is 552 Å². The zero-order valence-corrected chi connectivity index (χ0v) is 56.2. The Morgan fingerprint density at radius 1 is 0.359 bits per heavy atom. The third kappa shape index (κ3) is 11.0. The molecule has 0 atom stereocenters. The molecule has 0 radical (unpaired) electrons. The Hall–Kier alpha value is -9.87. The van der Waals surface area contributed by atoms with Gasteiger partial charge in [0.1, 0.15) is 0 Å². The van der Waals surface area contributed by atoms with E-state index < -0.39 is 0 Å². The predicted octanol–water partition coefficient (Wildman–Crippen LogP) is 23.5. The number of para-hydroxylation sites is 6. The van der Waals surface area contributed by atoms with Crippen LogP contribution in [0.15, 0.2) is 273 Å². The molecule has 0 amide bonds. The SMILES string of the molecule is Cc1cc(N2c3ccc(C(C)(C)C)cc3-c3ccccc3N(c3ccccc3)c3ccccc3-c3cc(C(C)(C)C)c(Oc4cccc(-n5[c](=[Pt])n(-c6c(-c7ccccc7)cccc6-c6ccccc6)c6ccccc65)c4)cc32)ncc1-c1ccc(C(C)(C)C)cc1. The van der Waals surface area contributed by atoms with Crippen LogP contribution in [0.1, 0.15) is 84.6 Å². The van der Waals surface area contributed by atoms with Crippen LogP contribution < -0.4 is 14.5 Å². The molecule has 0 fully saturated rings. The van der Waals surface area contributed by atoms with Crippen LogP contribution in [0.25, 0.3) is 78.0 Å². The van der Waals surface area contributed by atoms with Gasteiger partial charge in [-0.15, -0.1) is 0 Å². The number of hydrogen-bond acceptors (Lipinski definition) is 4. The van der Waals surface area contributed by atoms with E-state index >= 15 is 0 Å². The number of hydrogen-bond donors (Lipinski definition) is 0. The van der Waals surface area contributed by atoms with Gasteiger partial charge in [0.05, 0.1) is 5.69 Å². The summed E-state index contributed by atoms with van der Waals surface area (Å²) in [6.45, 7) is 22.8. The summed E-state index contributed by atoms with van der Waals surface area (Å²) in [7, 11) is 0. The van der Waals surface area contributed by atoms with Crippen LogP contribution >= 0.6 is 0 Å². The van der Waals surface area contributed by atoms with E-state index in [0.717, 1.165) is 133 Å². The maximum atomic E-state index is 7.61. The van der Waals surface area contributed by atoms with Crippen molar-refractivity contribution in [1.29, 1.82) is 0 Å². The second-order valence-electron chi connectivity index (χ2n) is 27.3. The number of anilines is 6. The normalized spacial score (nSPS) is 12.5. The Balaban J connectivity index is 1.01. The summed E-state index contributed by atoms with van der Waals surface area (Å²) in [6, 6.07) is 97.2. The Morgan fingerprint density at radius 3 is 1.43 bits per heavy atom. The number of fused-ring (bicyclic) bond motifs is 7. The van der Waals surface area contributed by atoms with Crippen LogP contribution in [0, 0.1) is 10.7 Å². The van der Waals surface area contributed by atoms with Gasteiger partial charge in [0.2, 0.25) is 0 Å². The summed E-state index contributed by atoms with van der Waals surface area (Å²) in [4.78, 5) is 10.4. The molecule has 7 heteroatoms. The van der Waals surface area contributed by atoms with Gasteiger partial charge in [-0.1, -0.05) is 120 Å². The summed E-state index contributed by atoms with van der Waals surface area (Å²) in [5, 5.41) is 0. The van der Waals surface area contributed by atoms with Gasteiger partial charge in [-0.25, -0.2) is 0 Å². The molecule has 0 aliphatic carbocycles. The van der Waals surface area contributed by atoms with E-state index in [0.29, 0.717) is 5.75 Å². The number of nitrogens with zero attached hydrogens (tertiary/aromatic N) is 5.